The molecule has 0 saturated carbocycles. The van der Waals surface area contributed by atoms with E-state index < -0.39 is 6.04 Å². The highest BCUT2D eigenvalue weighted by atomic mass is 16.2. The fraction of sp³-hybridized carbons (Fsp3) is 0.429. The largest absolute Gasteiger partial charge is 0.387 e. The summed E-state index contributed by atoms with van der Waals surface area (Å²) in [5, 5.41) is 5.67. The molecule has 104 valence electrons. The van der Waals surface area contributed by atoms with Gasteiger partial charge in [-0.05, 0) is 26.0 Å². The maximum absolute atomic E-state index is 12.1. The van der Waals surface area contributed by atoms with Crippen LogP contribution in [0, 0.1) is 0 Å². The van der Waals surface area contributed by atoms with Gasteiger partial charge in [-0.3, -0.25) is 9.59 Å². The number of rotatable bonds is 5. The fourth-order valence-corrected chi connectivity index (χ4v) is 1.72. The Bertz CT molecular complexity index is 460. The van der Waals surface area contributed by atoms with Crippen LogP contribution < -0.4 is 10.6 Å². The minimum atomic E-state index is -0.539. The van der Waals surface area contributed by atoms with E-state index in [0.717, 1.165) is 5.69 Å². The molecule has 19 heavy (non-hydrogen) atoms. The monoisotopic (exact) mass is 263 g/mol. The van der Waals surface area contributed by atoms with Crippen LogP contribution in [-0.4, -0.2) is 43.4 Å². The summed E-state index contributed by atoms with van der Waals surface area (Å²) in [4.78, 5) is 25.6. The molecule has 2 amide bonds. The zero-order valence-electron chi connectivity index (χ0n) is 11.9. The molecule has 0 heterocycles. The van der Waals surface area contributed by atoms with E-state index in [9.17, 15) is 9.59 Å². The first-order valence-electron chi connectivity index (χ1n) is 6.33. The molecule has 5 nitrogen and oxygen atoms in total. The zero-order chi connectivity index (χ0) is 14.4. The molecule has 0 aliphatic rings. The van der Waals surface area contributed by atoms with E-state index in [1.54, 1.807) is 38.1 Å². The van der Waals surface area contributed by atoms with Crippen molar-refractivity contribution in [3.63, 3.8) is 0 Å². The average Bonchev–Trinajstić information content (AvgIpc) is 2.45. The standard InChI is InChI=1S/C14H21N3O2/c1-5-17(4)14(19)10(2)16-13(18)11-8-6-7-9-12(11)15-3/h6-10,15H,5H2,1-4H3,(H,16,18). The summed E-state index contributed by atoms with van der Waals surface area (Å²) in [6.45, 7) is 4.20. The number of carbonyl (C=O) groups excluding carboxylic acids is 2. The summed E-state index contributed by atoms with van der Waals surface area (Å²) in [6.07, 6.45) is 0. The van der Waals surface area contributed by atoms with Gasteiger partial charge in [0.05, 0.1) is 5.56 Å². The summed E-state index contributed by atoms with van der Waals surface area (Å²) >= 11 is 0. The normalized spacial score (nSPS) is 11.6. The number of hydrogen-bond acceptors (Lipinski definition) is 3. The minimum absolute atomic E-state index is 0.0993. The molecular formula is C14H21N3O2. The van der Waals surface area contributed by atoms with Crippen molar-refractivity contribution in [1.82, 2.24) is 10.2 Å². The topological polar surface area (TPSA) is 61.4 Å². The molecule has 1 aromatic rings. The molecule has 1 rings (SSSR count). The van der Waals surface area contributed by atoms with Crippen molar-refractivity contribution in [3.8, 4) is 0 Å². The highest BCUT2D eigenvalue weighted by Gasteiger charge is 2.20. The van der Waals surface area contributed by atoms with Crippen LogP contribution >= 0.6 is 0 Å². The molecule has 0 aliphatic heterocycles. The molecule has 0 aromatic heterocycles. The van der Waals surface area contributed by atoms with Gasteiger partial charge in [0.15, 0.2) is 0 Å². The summed E-state index contributed by atoms with van der Waals surface area (Å²) in [7, 11) is 3.47. The second-order valence-corrected chi connectivity index (χ2v) is 4.34. The third kappa shape index (κ3) is 3.71. The first kappa shape index (κ1) is 15.0. The Morgan fingerprint density at radius 2 is 1.95 bits per heavy atom. The van der Waals surface area contributed by atoms with Gasteiger partial charge < -0.3 is 15.5 Å². The maximum Gasteiger partial charge on any atom is 0.254 e. The van der Waals surface area contributed by atoms with Crippen molar-refractivity contribution in [2.24, 2.45) is 0 Å². The van der Waals surface area contributed by atoms with Gasteiger partial charge in [0, 0.05) is 26.3 Å². The maximum atomic E-state index is 12.1. The van der Waals surface area contributed by atoms with Crippen LogP contribution in [0.4, 0.5) is 5.69 Å². The van der Waals surface area contributed by atoms with Crippen LogP contribution in [0.5, 0.6) is 0 Å². The van der Waals surface area contributed by atoms with Crippen LogP contribution in [0.2, 0.25) is 0 Å². The first-order chi connectivity index (χ1) is 9.01. The second-order valence-electron chi connectivity index (χ2n) is 4.34. The predicted molar refractivity (Wildman–Crippen MR) is 76.2 cm³/mol. The first-order valence-corrected chi connectivity index (χ1v) is 6.33. The van der Waals surface area contributed by atoms with Gasteiger partial charge >= 0.3 is 0 Å². The molecule has 5 heteroatoms. The molecule has 0 saturated heterocycles. The highest BCUT2D eigenvalue weighted by molar-refractivity contribution is 6.01. The number of anilines is 1. The summed E-state index contributed by atoms with van der Waals surface area (Å²) < 4.78 is 0. The van der Waals surface area contributed by atoms with Crippen molar-refractivity contribution >= 4 is 17.5 Å². The third-order valence-electron chi connectivity index (χ3n) is 3.01. The predicted octanol–water partition coefficient (Wildman–Crippen LogP) is 1.32. The van der Waals surface area contributed by atoms with Gasteiger partial charge in [-0.1, -0.05) is 12.1 Å². The summed E-state index contributed by atoms with van der Waals surface area (Å²) in [6, 6.07) is 6.64. The SMILES string of the molecule is CCN(C)C(=O)C(C)NC(=O)c1ccccc1NC. The second kappa shape index (κ2) is 6.78. The Morgan fingerprint density at radius 1 is 1.32 bits per heavy atom. The van der Waals surface area contributed by atoms with Crippen molar-refractivity contribution < 1.29 is 9.59 Å². The molecule has 0 spiro atoms. The lowest BCUT2D eigenvalue weighted by molar-refractivity contribution is -0.131. The number of carbonyl (C=O) groups is 2. The van der Waals surface area contributed by atoms with Crippen LogP contribution in [0.15, 0.2) is 24.3 Å². The fourth-order valence-electron chi connectivity index (χ4n) is 1.72. The van der Waals surface area contributed by atoms with Gasteiger partial charge in [0.1, 0.15) is 6.04 Å². The average molecular weight is 263 g/mol. The number of nitrogens with zero attached hydrogens (tertiary/aromatic N) is 1. The van der Waals surface area contributed by atoms with Crippen LogP contribution in [0.1, 0.15) is 24.2 Å². The van der Waals surface area contributed by atoms with Gasteiger partial charge in [0.2, 0.25) is 5.91 Å². The number of para-hydroxylation sites is 1. The van der Waals surface area contributed by atoms with Crippen molar-refractivity contribution in [1.29, 1.82) is 0 Å². The quantitative estimate of drug-likeness (QED) is 0.842. The molecule has 0 aliphatic carbocycles. The molecular weight excluding hydrogens is 242 g/mol. The van der Waals surface area contributed by atoms with Crippen molar-refractivity contribution in [3.05, 3.63) is 29.8 Å². The molecule has 1 aromatic carbocycles. The highest BCUT2D eigenvalue weighted by Crippen LogP contribution is 2.14. The molecule has 0 fully saturated rings. The number of hydrogen-bond donors (Lipinski definition) is 2. The molecule has 1 atom stereocenters. The van der Waals surface area contributed by atoms with Crippen LogP contribution in [0.25, 0.3) is 0 Å². The lowest BCUT2D eigenvalue weighted by Gasteiger charge is -2.21. The van der Waals surface area contributed by atoms with Gasteiger partial charge in [-0.15, -0.1) is 0 Å². The van der Waals surface area contributed by atoms with Crippen LogP contribution in [-0.2, 0) is 4.79 Å². The van der Waals surface area contributed by atoms with Gasteiger partial charge in [-0.2, -0.15) is 0 Å². The van der Waals surface area contributed by atoms with Crippen molar-refractivity contribution in [2.45, 2.75) is 19.9 Å². The van der Waals surface area contributed by atoms with E-state index in [1.165, 1.54) is 0 Å². The minimum Gasteiger partial charge on any atom is -0.387 e. The Balaban J connectivity index is 2.77. The molecule has 0 radical (unpaired) electrons. The summed E-state index contributed by atoms with van der Waals surface area (Å²) in [5.41, 5.74) is 1.27. The Kier molecular flexibility index (Phi) is 5.36. The van der Waals surface area contributed by atoms with E-state index in [-0.39, 0.29) is 11.8 Å². The lowest BCUT2D eigenvalue weighted by atomic mass is 10.1. The number of amides is 2. The van der Waals surface area contributed by atoms with Crippen molar-refractivity contribution in [2.75, 3.05) is 26.0 Å². The zero-order valence-corrected chi connectivity index (χ0v) is 11.9. The third-order valence-corrected chi connectivity index (χ3v) is 3.01. The molecule has 2 N–H and O–H groups in total. The van der Waals surface area contributed by atoms with E-state index in [4.69, 9.17) is 0 Å². The van der Waals surface area contributed by atoms with E-state index in [1.807, 2.05) is 19.1 Å². The molecule has 0 bridgehead atoms. The smallest absolute Gasteiger partial charge is 0.254 e. The lowest BCUT2D eigenvalue weighted by Crippen LogP contribution is -2.45. The van der Waals surface area contributed by atoms with E-state index in [0.29, 0.717) is 12.1 Å². The van der Waals surface area contributed by atoms with Gasteiger partial charge in [0.25, 0.3) is 5.91 Å². The van der Waals surface area contributed by atoms with E-state index in [2.05, 4.69) is 10.6 Å². The number of nitrogens with one attached hydrogen (secondary N) is 2. The Hall–Kier alpha value is -2.04. The Labute approximate surface area is 114 Å². The van der Waals surface area contributed by atoms with Gasteiger partial charge in [-0.25, -0.2) is 0 Å². The number of likely N-dealkylation sites (N-methyl/N-ethyl adjacent to an activating group) is 1. The summed E-state index contributed by atoms with van der Waals surface area (Å²) in [5.74, 6) is -0.354. The number of benzene rings is 1. The van der Waals surface area contributed by atoms with Crippen LogP contribution in [0.3, 0.4) is 0 Å². The molecule has 1 unspecified atom stereocenters. The van der Waals surface area contributed by atoms with E-state index >= 15 is 0 Å². The Morgan fingerprint density at radius 3 is 2.53 bits per heavy atom.